The number of imidazole rings is 1. The highest BCUT2D eigenvalue weighted by Gasteiger charge is 2.35. The fourth-order valence-electron chi connectivity index (χ4n) is 6.98. The fraction of sp³-hybridized carbons (Fsp3) is 0.444. The van der Waals surface area contributed by atoms with Crippen molar-refractivity contribution in [1.82, 2.24) is 34.3 Å². The molecule has 0 atom stereocenters. The topological polar surface area (TPSA) is 108 Å². The Morgan fingerprint density at radius 2 is 1.70 bits per heavy atom. The number of morpholine rings is 1. The molecule has 3 saturated heterocycles. The second-order valence-corrected chi connectivity index (χ2v) is 13.2. The number of rotatable bonds is 6. The molecule has 0 radical (unpaired) electrons. The van der Waals surface area contributed by atoms with Crippen LogP contribution in [0.1, 0.15) is 45.6 Å². The van der Waals surface area contributed by atoms with Crippen molar-refractivity contribution < 1.29 is 22.7 Å². The first kappa shape index (κ1) is 33.9. The van der Waals surface area contributed by atoms with Gasteiger partial charge in [-0.1, -0.05) is 18.1 Å². The lowest BCUT2D eigenvalue weighted by Crippen LogP contribution is -2.49. The van der Waals surface area contributed by atoms with Crippen molar-refractivity contribution in [3.63, 3.8) is 0 Å². The largest absolute Gasteiger partial charge is 0.416 e. The van der Waals surface area contributed by atoms with Crippen LogP contribution < -0.4 is 10.6 Å². The Morgan fingerprint density at radius 3 is 2.42 bits per heavy atom. The van der Waals surface area contributed by atoms with E-state index in [1.807, 2.05) is 24.1 Å². The van der Waals surface area contributed by atoms with Crippen LogP contribution in [0, 0.1) is 11.8 Å². The molecule has 11 nitrogen and oxygen atoms in total. The minimum Gasteiger partial charge on any atom is -0.379 e. The van der Waals surface area contributed by atoms with Crippen LogP contribution in [0.2, 0.25) is 0 Å². The normalized spacial score (nSPS) is 18.7. The number of carbonyl (C=O) groups excluding carboxylic acids is 1. The molecule has 7 rings (SSSR count). The quantitative estimate of drug-likeness (QED) is 0.306. The molecule has 4 aromatic rings. The molecule has 1 aromatic carbocycles. The van der Waals surface area contributed by atoms with Crippen molar-refractivity contribution in [2.24, 2.45) is 5.73 Å². The van der Waals surface area contributed by atoms with Crippen LogP contribution >= 0.6 is 0 Å². The second kappa shape index (κ2) is 14.4. The van der Waals surface area contributed by atoms with E-state index in [1.54, 1.807) is 16.8 Å². The zero-order chi connectivity index (χ0) is 34.8. The third-order valence-electron chi connectivity index (χ3n) is 9.87. The summed E-state index contributed by atoms with van der Waals surface area (Å²) >= 11 is 0. The number of primary amides is 1. The van der Waals surface area contributed by atoms with Gasteiger partial charge < -0.3 is 20.3 Å². The van der Waals surface area contributed by atoms with Crippen LogP contribution in [-0.4, -0.2) is 119 Å². The lowest BCUT2D eigenvalue weighted by atomic mass is 9.97. The third-order valence-corrected chi connectivity index (χ3v) is 9.87. The predicted octanol–water partition coefficient (Wildman–Crippen LogP) is 3.36. The number of carbonyl (C=O) groups is 1. The van der Waals surface area contributed by atoms with Crippen LogP contribution in [0.25, 0.3) is 16.9 Å². The highest BCUT2D eigenvalue weighted by Crippen LogP contribution is 2.36. The standard InChI is InChI=1S/C36H40F3N9O2/c1-44-12-14-45(15-13-44)24-27-4-3-26(21-31(27)36(37,38)39)34-30(35(40)49)20-25(22-42-34)2-5-29-23-41-32-6-7-33(43-48(29)32)47-10-8-28(9-11-47)46-16-18-50-19-17-46/h3-4,6-7,20-23,28H,8-19,24H2,1H3,(H2,40,49). The molecule has 14 heteroatoms. The second-order valence-electron chi connectivity index (χ2n) is 13.2. The van der Waals surface area contributed by atoms with Gasteiger partial charge >= 0.3 is 6.18 Å². The summed E-state index contributed by atoms with van der Waals surface area (Å²) in [6.45, 7) is 8.49. The molecule has 0 bridgehead atoms. The van der Waals surface area contributed by atoms with E-state index < -0.39 is 17.6 Å². The first-order valence-electron chi connectivity index (χ1n) is 17.0. The monoisotopic (exact) mass is 687 g/mol. The SMILES string of the molecule is CN1CCN(Cc2ccc(-c3ncc(C#Cc4cnc5ccc(N6CCC(N7CCOCC7)CC6)nn45)cc3C(N)=O)cc2C(F)(F)F)CC1. The van der Waals surface area contributed by atoms with E-state index in [1.165, 1.54) is 18.3 Å². The Morgan fingerprint density at radius 1 is 0.940 bits per heavy atom. The number of piperidine rings is 1. The molecule has 3 aliphatic heterocycles. The maximum Gasteiger partial charge on any atom is 0.416 e. The fourth-order valence-corrected chi connectivity index (χ4v) is 6.98. The van der Waals surface area contributed by atoms with Gasteiger partial charge in [0.05, 0.1) is 36.2 Å². The molecule has 50 heavy (non-hydrogen) atoms. The van der Waals surface area contributed by atoms with E-state index in [0.717, 1.165) is 77.2 Å². The summed E-state index contributed by atoms with van der Waals surface area (Å²) in [7, 11) is 2.00. The van der Waals surface area contributed by atoms with Crippen molar-refractivity contribution in [1.29, 1.82) is 0 Å². The summed E-state index contributed by atoms with van der Waals surface area (Å²) < 4.78 is 50.0. The molecule has 0 spiro atoms. The summed E-state index contributed by atoms with van der Waals surface area (Å²) in [6.07, 6.45) is 0.584. The van der Waals surface area contributed by atoms with Crippen molar-refractivity contribution in [3.8, 4) is 23.1 Å². The zero-order valence-corrected chi connectivity index (χ0v) is 28.0. The van der Waals surface area contributed by atoms with E-state index in [4.69, 9.17) is 15.6 Å². The summed E-state index contributed by atoms with van der Waals surface area (Å²) in [5.41, 5.74) is 6.90. The number of aromatic nitrogens is 4. The molecule has 0 saturated carbocycles. The van der Waals surface area contributed by atoms with E-state index in [9.17, 15) is 18.0 Å². The Kier molecular flexibility index (Phi) is 9.74. The number of ether oxygens (including phenoxy) is 1. The summed E-state index contributed by atoms with van der Waals surface area (Å²) in [5, 5.41) is 4.84. The number of alkyl halides is 3. The Hall–Kier alpha value is -4.55. The molecule has 3 aromatic heterocycles. The van der Waals surface area contributed by atoms with Gasteiger partial charge in [0.15, 0.2) is 5.65 Å². The van der Waals surface area contributed by atoms with Crippen molar-refractivity contribution >= 4 is 17.4 Å². The zero-order valence-electron chi connectivity index (χ0n) is 28.0. The van der Waals surface area contributed by atoms with Crippen LogP contribution in [0.5, 0.6) is 0 Å². The molecule has 262 valence electrons. The smallest absolute Gasteiger partial charge is 0.379 e. The van der Waals surface area contributed by atoms with E-state index in [2.05, 4.69) is 36.5 Å². The maximum absolute atomic E-state index is 14.3. The predicted molar refractivity (Wildman–Crippen MR) is 183 cm³/mol. The molecule has 2 N–H and O–H groups in total. The number of piperazine rings is 1. The number of hydrogen-bond donors (Lipinski definition) is 1. The van der Waals surface area contributed by atoms with Gasteiger partial charge in [-0.2, -0.15) is 13.2 Å². The number of amides is 1. The van der Waals surface area contributed by atoms with Crippen LogP contribution in [0.3, 0.4) is 0 Å². The van der Waals surface area contributed by atoms with Gasteiger partial charge in [0.2, 0.25) is 0 Å². The molecule has 0 aliphatic carbocycles. The van der Waals surface area contributed by atoms with Crippen LogP contribution in [0.15, 0.2) is 48.8 Å². The number of pyridine rings is 1. The van der Waals surface area contributed by atoms with Gasteiger partial charge in [-0.15, -0.1) is 5.10 Å². The number of likely N-dealkylation sites (N-methyl/N-ethyl adjacent to an activating group) is 1. The minimum atomic E-state index is -4.59. The van der Waals surface area contributed by atoms with Crippen molar-refractivity contribution in [3.05, 3.63) is 76.7 Å². The molecule has 0 unspecified atom stereocenters. The Bertz CT molecular complexity index is 1910. The van der Waals surface area contributed by atoms with Crippen molar-refractivity contribution in [2.45, 2.75) is 31.6 Å². The molecule has 3 fully saturated rings. The van der Waals surface area contributed by atoms with Gasteiger partial charge in [0, 0.05) is 82.3 Å². The van der Waals surface area contributed by atoms with Gasteiger partial charge in [-0.25, -0.2) is 9.50 Å². The summed E-state index contributed by atoms with van der Waals surface area (Å²) in [5.74, 6) is 6.10. The number of nitrogens with two attached hydrogens (primary N) is 1. The Balaban J connectivity index is 1.11. The van der Waals surface area contributed by atoms with Crippen LogP contribution in [-0.2, 0) is 17.5 Å². The van der Waals surface area contributed by atoms with Gasteiger partial charge in [-0.3, -0.25) is 19.6 Å². The molecule has 3 aliphatic rings. The van der Waals surface area contributed by atoms with Gasteiger partial charge in [0.1, 0.15) is 11.5 Å². The van der Waals surface area contributed by atoms with E-state index >= 15 is 0 Å². The molecular weight excluding hydrogens is 647 g/mol. The molecule has 6 heterocycles. The minimum absolute atomic E-state index is 0.0178. The number of anilines is 1. The summed E-state index contributed by atoms with van der Waals surface area (Å²) in [6, 6.07) is 9.98. The number of nitrogens with zero attached hydrogens (tertiary/aromatic N) is 8. The number of fused-ring (bicyclic) bond motifs is 1. The van der Waals surface area contributed by atoms with Crippen LogP contribution in [0.4, 0.5) is 19.0 Å². The first-order chi connectivity index (χ1) is 24.1. The molecule has 1 amide bonds. The average Bonchev–Trinajstić information content (AvgIpc) is 3.54. The number of halogens is 3. The molecular formula is C36H40F3N9O2. The van der Waals surface area contributed by atoms with E-state index in [0.29, 0.717) is 36.0 Å². The third kappa shape index (κ3) is 7.46. The first-order valence-corrected chi connectivity index (χ1v) is 17.0. The number of hydrogen-bond acceptors (Lipinski definition) is 9. The summed E-state index contributed by atoms with van der Waals surface area (Å²) in [4.78, 5) is 30.3. The highest BCUT2D eigenvalue weighted by atomic mass is 19.4. The number of benzene rings is 1. The van der Waals surface area contributed by atoms with Gasteiger partial charge in [0.25, 0.3) is 5.91 Å². The Labute approximate surface area is 288 Å². The van der Waals surface area contributed by atoms with Gasteiger partial charge in [-0.05, 0) is 55.6 Å². The lowest BCUT2D eigenvalue weighted by molar-refractivity contribution is -0.138. The van der Waals surface area contributed by atoms with E-state index in [-0.39, 0.29) is 28.9 Å². The maximum atomic E-state index is 14.3. The highest BCUT2D eigenvalue weighted by molar-refractivity contribution is 5.99. The average molecular weight is 688 g/mol. The van der Waals surface area contributed by atoms with Crippen molar-refractivity contribution in [2.75, 3.05) is 77.5 Å². The lowest BCUT2D eigenvalue weighted by Gasteiger charge is -2.40.